The molecule has 0 saturated heterocycles. The Kier molecular flexibility index (Phi) is 4.66. The topological polar surface area (TPSA) is 55.1 Å². The molecular weight excluding hydrogens is 224 g/mol. The molecule has 2 bridgehead atoms. The Labute approximate surface area is 111 Å². The van der Waals surface area contributed by atoms with Gasteiger partial charge >= 0.3 is 0 Å². The summed E-state index contributed by atoms with van der Waals surface area (Å²) in [7, 11) is 0. The molecule has 2 rings (SSSR count). The van der Waals surface area contributed by atoms with E-state index in [2.05, 4.69) is 19.2 Å². The molecule has 1 amide bonds. The first kappa shape index (κ1) is 13.9. The summed E-state index contributed by atoms with van der Waals surface area (Å²) < 4.78 is 0. The first-order valence-corrected chi connectivity index (χ1v) is 7.67. The van der Waals surface area contributed by atoms with Gasteiger partial charge in [-0.25, -0.2) is 0 Å². The Hall–Kier alpha value is -0.570. The molecule has 0 spiro atoms. The van der Waals surface area contributed by atoms with Crippen LogP contribution >= 0.6 is 0 Å². The number of fused-ring (bicyclic) bond motifs is 2. The van der Waals surface area contributed by atoms with Crippen LogP contribution in [0.25, 0.3) is 0 Å². The molecule has 2 aliphatic carbocycles. The van der Waals surface area contributed by atoms with E-state index in [1.54, 1.807) is 0 Å². The summed E-state index contributed by atoms with van der Waals surface area (Å²) in [6.07, 6.45) is 8.45. The van der Waals surface area contributed by atoms with Crippen LogP contribution in [0.3, 0.4) is 0 Å². The zero-order chi connectivity index (χ0) is 13.1. The monoisotopic (exact) mass is 252 g/mol. The van der Waals surface area contributed by atoms with E-state index in [1.165, 1.54) is 25.7 Å². The van der Waals surface area contributed by atoms with Crippen molar-refractivity contribution in [2.24, 2.45) is 23.5 Å². The average molecular weight is 252 g/mol. The third-order valence-corrected chi connectivity index (χ3v) is 5.01. The molecule has 0 aromatic rings. The van der Waals surface area contributed by atoms with Crippen molar-refractivity contribution in [1.29, 1.82) is 0 Å². The minimum atomic E-state index is -0.314. The molecular formula is C15H28N2O. The number of hydrogen-bond donors (Lipinski definition) is 2. The van der Waals surface area contributed by atoms with Gasteiger partial charge in [0, 0.05) is 6.04 Å². The summed E-state index contributed by atoms with van der Waals surface area (Å²) in [5.41, 5.74) is 5.91. The van der Waals surface area contributed by atoms with Crippen LogP contribution < -0.4 is 11.1 Å². The quantitative estimate of drug-likeness (QED) is 0.763. The molecule has 0 radical (unpaired) electrons. The molecule has 5 atom stereocenters. The molecule has 0 aromatic heterocycles. The first-order valence-electron chi connectivity index (χ1n) is 7.67. The molecule has 3 N–H and O–H groups in total. The molecule has 3 heteroatoms. The minimum Gasteiger partial charge on any atom is -0.352 e. The molecule has 18 heavy (non-hydrogen) atoms. The third-order valence-electron chi connectivity index (χ3n) is 5.01. The van der Waals surface area contributed by atoms with Crippen molar-refractivity contribution < 1.29 is 4.79 Å². The van der Waals surface area contributed by atoms with E-state index in [-0.39, 0.29) is 11.9 Å². The van der Waals surface area contributed by atoms with E-state index in [9.17, 15) is 4.79 Å². The smallest absolute Gasteiger partial charge is 0.237 e. The predicted molar refractivity (Wildman–Crippen MR) is 74.0 cm³/mol. The van der Waals surface area contributed by atoms with Crippen molar-refractivity contribution >= 4 is 5.91 Å². The van der Waals surface area contributed by atoms with Crippen LogP contribution in [0, 0.1) is 17.8 Å². The lowest BCUT2D eigenvalue weighted by molar-refractivity contribution is -0.123. The highest BCUT2D eigenvalue weighted by molar-refractivity contribution is 5.81. The molecule has 104 valence electrons. The van der Waals surface area contributed by atoms with Crippen LogP contribution in [-0.2, 0) is 4.79 Å². The normalized spacial score (nSPS) is 33.4. The van der Waals surface area contributed by atoms with E-state index in [1.807, 2.05) is 0 Å². The van der Waals surface area contributed by atoms with Gasteiger partial charge in [0.15, 0.2) is 0 Å². The molecule has 2 saturated carbocycles. The second-order valence-electron chi connectivity index (χ2n) is 6.38. The van der Waals surface area contributed by atoms with Crippen LogP contribution in [0.1, 0.15) is 58.8 Å². The molecule has 2 fully saturated rings. The zero-order valence-electron chi connectivity index (χ0n) is 11.8. The maximum atomic E-state index is 12.0. The summed E-state index contributed by atoms with van der Waals surface area (Å²) in [4.78, 5) is 12.0. The van der Waals surface area contributed by atoms with Crippen molar-refractivity contribution in [3.63, 3.8) is 0 Å². The lowest BCUT2D eigenvalue weighted by Crippen LogP contribution is -2.47. The van der Waals surface area contributed by atoms with Crippen molar-refractivity contribution in [3.8, 4) is 0 Å². The summed E-state index contributed by atoms with van der Waals surface area (Å²) in [5.74, 6) is 2.55. The summed E-state index contributed by atoms with van der Waals surface area (Å²) in [6, 6.07) is -0.00790. The fourth-order valence-electron chi connectivity index (χ4n) is 3.90. The minimum absolute atomic E-state index is 0.0544. The second kappa shape index (κ2) is 6.05. The lowest BCUT2D eigenvalue weighted by atomic mass is 9.84. The number of carbonyl (C=O) groups excluding carboxylic acids is 1. The maximum absolute atomic E-state index is 12.0. The average Bonchev–Trinajstić information content (AvgIpc) is 2.97. The number of amides is 1. The van der Waals surface area contributed by atoms with E-state index in [0.29, 0.717) is 12.0 Å². The van der Waals surface area contributed by atoms with Gasteiger partial charge in [-0.1, -0.05) is 26.2 Å². The SMILES string of the molecule is CCCC[C@H](N)C(=O)NC(C)C1CC2CCC1C2. The summed E-state index contributed by atoms with van der Waals surface area (Å²) in [6.45, 7) is 4.29. The number of hydrogen-bond acceptors (Lipinski definition) is 2. The highest BCUT2D eigenvalue weighted by Gasteiger charge is 2.42. The molecule has 0 aliphatic heterocycles. The largest absolute Gasteiger partial charge is 0.352 e. The van der Waals surface area contributed by atoms with Gasteiger partial charge < -0.3 is 11.1 Å². The van der Waals surface area contributed by atoms with Crippen molar-refractivity contribution in [3.05, 3.63) is 0 Å². The third kappa shape index (κ3) is 3.05. The number of unbranched alkanes of at least 4 members (excludes halogenated alkanes) is 1. The van der Waals surface area contributed by atoms with Crippen LogP contribution in [0.4, 0.5) is 0 Å². The molecule has 0 aromatic carbocycles. The Morgan fingerprint density at radius 2 is 2.17 bits per heavy atom. The predicted octanol–water partition coefficient (Wildman–Crippen LogP) is 2.44. The number of nitrogens with two attached hydrogens (primary N) is 1. The Bertz CT molecular complexity index is 292. The number of nitrogens with one attached hydrogen (secondary N) is 1. The molecule has 3 nitrogen and oxygen atoms in total. The standard InChI is InChI=1S/C15H28N2O/c1-3-4-5-14(16)15(18)17-10(2)13-9-11-6-7-12(13)8-11/h10-14H,3-9,16H2,1-2H3,(H,17,18)/t10?,11?,12?,13?,14-/m0/s1. The van der Waals surface area contributed by atoms with Gasteiger partial charge in [-0.2, -0.15) is 0 Å². The first-order chi connectivity index (χ1) is 8.61. The van der Waals surface area contributed by atoms with Gasteiger partial charge in [0.2, 0.25) is 5.91 Å². The van der Waals surface area contributed by atoms with Gasteiger partial charge in [-0.05, 0) is 50.4 Å². The van der Waals surface area contributed by atoms with Gasteiger partial charge in [0.25, 0.3) is 0 Å². The Balaban J connectivity index is 1.76. The highest BCUT2D eigenvalue weighted by atomic mass is 16.2. The number of rotatable bonds is 6. The Morgan fingerprint density at radius 3 is 2.72 bits per heavy atom. The van der Waals surface area contributed by atoms with Crippen molar-refractivity contribution in [2.75, 3.05) is 0 Å². The van der Waals surface area contributed by atoms with Crippen LogP contribution in [0.15, 0.2) is 0 Å². The van der Waals surface area contributed by atoms with Gasteiger partial charge in [-0.15, -0.1) is 0 Å². The second-order valence-corrected chi connectivity index (χ2v) is 6.38. The number of carbonyl (C=O) groups is 1. The van der Waals surface area contributed by atoms with Crippen LogP contribution in [-0.4, -0.2) is 18.0 Å². The lowest BCUT2D eigenvalue weighted by Gasteiger charge is -2.29. The molecule has 4 unspecified atom stereocenters. The van der Waals surface area contributed by atoms with Crippen molar-refractivity contribution in [2.45, 2.75) is 70.9 Å². The fourth-order valence-corrected chi connectivity index (χ4v) is 3.90. The van der Waals surface area contributed by atoms with E-state index in [4.69, 9.17) is 5.73 Å². The Morgan fingerprint density at radius 1 is 1.39 bits per heavy atom. The highest BCUT2D eigenvalue weighted by Crippen LogP contribution is 2.49. The van der Waals surface area contributed by atoms with E-state index in [0.717, 1.165) is 31.1 Å². The maximum Gasteiger partial charge on any atom is 0.237 e. The summed E-state index contributed by atoms with van der Waals surface area (Å²) >= 11 is 0. The van der Waals surface area contributed by atoms with Gasteiger partial charge in [0.05, 0.1) is 6.04 Å². The van der Waals surface area contributed by atoms with Crippen molar-refractivity contribution in [1.82, 2.24) is 5.32 Å². The van der Waals surface area contributed by atoms with E-state index >= 15 is 0 Å². The van der Waals surface area contributed by atoms with Gasteiger partial charge in [0.1, 0.15) is 0 Å². The van der Waals surface area contributed by atoms with E-state index < -0.39 is 0 Å². The van der Waals surface area contributed by atoms with Gasteiger partial charge in [-0.3, -0.25) is 4.79 Å². The molecule has 2 aliphatic rings. The zero-order valence-corrected chi connectivity index (χ0v) is 11.8. The fraction of sp³-hybridized carbons (Fsp3) is 0.933. The van der Waals surface area contributed by atoms with Crippen LogP contribution in [0.2, 0.25) is 0 Å². The summed E-state index contributed by atoms with van der Waals surface area (Å²) in [5, 5.41) is 3.15. The molecule has 0 heterocycles. The van der Waals surface area contributed by atoms with Crippen LogP contribution in [0.5, 0.6) is 0 Å².